The molecule has 1 amide bonds. The number of ether oxygens (including phenoxy) is 1. The number of aromatic nitrogens is 2. The van der Waals surface area contributed by atoms with Gasteiger partial charge in [0.15, 0.2) is 0 Å². The van der Waals surface area contributed by atoms with Gasteiger partial charge in [0.05, 0.1) is 6.10 Å². The van der Waals surface area contributed by atoms with E-state index in [4.69, 9.17) is 16.3 Å². The van der Waals surface area contributed by atoms with Crippen LogP contribution in [0, 0.1) is 0 Å². The van der Waals surface area contributed by atoms with E-state index in [1.165, 1.54) is 12.4 Å². The summed E-state index contributed by atoms with van der Waals surface area (Å²) >= 11 is 5.72. The fourth-order valence-corrected chi connectivity index (χ4v) is 1.69. The largest absolute Gasteiger partial charge is 0.491 e. The lowest BCUT2D eigenvalue weighted by molar-refractivity contribution is 0.102. The fourth-order valence-electron chi connectivity index (χ4n) is 1.55. The summed E-state index contributed by atoms with van der Waals surface area (Å²) in [5.41, 5.74) is 0.510. The summed E-state index contributed by atoms with van der Waals surface area (Å²) in [6.07, 6.45) is 1.38. The molecule has 0 bridgehead atoms. The van der Waals surface area contributed by atoms with Crippen LogP contribution in [0.3, 0.4) is 0 Å². The first kappa shape index (κ1) is 14.3. The van der Waals surface area contributed by atoms with Crippen molar-refractivity contribution in [3.05, 3.63) is 47.4 Å². The Bertz CT molecular complexity index is 600. The van der Waals surface area contributed by atoms with Crippen LogP contribution in [0.4, 0.5) is 5.82 Å². The zero-order valence-electron chi connectivity index (χ0n) is 11.1. The minimum atomic E-state index is -0.268. The third-order valence-electron chi connectivity index (χ3n) is 2.36. The molecule has 1 aromatic carbocycles. The van der Waals surface area contributed by atoms with Gasteiger partial charge in [-0.15, -0.1) is 0 Å². The first-order valence-corrected chi connectivity index (χ1v) is 6.48. The maximum atomic E-state index is 12.0. The van der Waals surface area contributed by atoms with Crippen molar-refractivity contribution >= 4 is 23.3 Å². The summed E-state index contributed by atoms with van der Waals surface area (Å²) in [6.45, 7) is 3.89. The van der Waals surface area contributed by atoms with E-state index in [1.54, 1.807) is 24.3 Å². The minimum absolute atomic E-state index is 0.0952. The van der Waals surface area contributed by atoms with Crippen LogP contribution in [0.5, 0.6) is 5.75 Å². The molecular formula is C14H14ClN3O2. The molecule has 1 N–H and O–H groups in total. The molecule has 1 aromatic heterocycles. The van der Waals surface area contributed by atoms with E-state index in [9.17, 15) is 4.79 Å². The number of halogens is 1. The number of carbonyl (C=O) groups excluding carboxylic acids is 1. The van der Waals surface area contributed by atoms with Gasteiger partial charge in [-0.25, -0.2) is 9.97 Å². The molecule has 0 atom stereocenters. The molecule has 0 aliphatic rings. The molecule has 0 fully saturated rings. The van der Waals surface area contributed by atoms with Crippen LogP contribution in [-0.2, 0) is 0 Å². The summed E-state index contributed by atoms with van der Waals surface area (Å²) in [5.74, 6) is 0.815. The number of amides is 1. The molecule has 1 heterocycles. The third-order valence-corrected chi connectivity index (χ3v) is 2.57. The van der Waals surface area contributed by atoms with Crippen LogP contribution in [0.1, 0.15) is 24.2 Å². The normalized spacial score (nSPS) is 10.4. The van der Waals surface area contributed by atoms with Crippen LogP contribution in [0.2, 0.25) is 5.15 Å². The SMILES string of the molecule is CC(C)Oc1ccc(C(=O)Nc2cc(Cl)ncn2)cc1. The number of nitrogens with zero attached hydrogens (tertiary/aromatic N) is 2. The van der Waals surface area contributed by atoms with Gasteiger partial charge >= 0.3 is 0 Å². The Morgan fingerprint density at radius 2 is 1.95 bits per heavy atom. The number of rotatable bonds is 4. The van der Waals surface area contributed by atoms with Gasteiger partial charge in [0.1, 0.15) is 23.0 Å². The number of nitrogens with one attached hydrogen (secondary N) is 1. The van der Waals surface area contributed by atoms with E-state index in [-0.39, 0.29) is 17.2 Å². The van der Waals surface area contributed by atoms with Crippen molar-refractivity contribution < 1.29 is 9.53 Å². The number of carbonyl (C=O) groups is 1. The first-order valence-electron chi connectivity index (χ1n) is 6.10. The second kappa shape index (κ2) is 6.34. The second-order valence-corrected chi connectivity index (χ2v) is 4.76. The Balaban J connectivity index is 2.06. The molecule has 0 aliphatic carbocycles. The molecule has 0 saturated heterocycles. The number of anilines is 1. The molecule has 20 heavy (non-hydrogen) atoms. The van der Waals surface area contributed by atoms with Crippen LogP contribution >= 0.6 is 11.6 Å². The van der Waals surface area contributed by atoms with Crippen LogP contribution in [0.25, 0.3) is 0 Å². The average Bonchev–Trinajstić information content (AvgIpc) is 2.38. The minimum Gasteiger partial charge on any atom is -0.491 e. The number of benzene rings is 1. The smallest absolute Gasteiger partial charge is 0.256 e. The van der Waals surface area contributed by atoms with Crippen molar-refractivity contribution in [2.24, 2.45) is 0 Å². The van der Waals surface area contributed by atoms with Crippen molar-refractivity contribution in [2.45, 2.75) is 20.0 Å². The van der Waals surface area contributed by atoms with Gasteiger partial charge in [-0.2, -0.15) is 0 Å². The van der Waals surface area contributed by atoms with E-state index in [1.807, 2.05) is 13.8 Å². The molecule has 2 rings (SSSR count). The molecule has 0 saturated carbocycles. The van der Waals surface area contributed by atoms with Gasteiger partial charge < -0.3 is 10.1 Å². The molecule has 0 unspecified atom stereocenters. The van der Waals surface area contributed by atoms with Crippen molar-refractivity contribution in [1.29, 1.82) is 0 Å². The van der Waals surface area contributed by atoms with Gasteiger partial charge in [-0.1, -0.05) is 11.6 Å². The van der Waals surface area contributed by atoms with Crippen molar-refractivity contribution in [1.82, 2.24) is 9.97 Å². The zero-order valence-corrected chi connectivity index (χ0v) is 11.9. The highest BCUT2D eigenvalue weighted by atomic mass is 35.5. The van der Waals surface area contributed by atoms with E-state index in [0.29, 0.717) is 11.4 Å². The molecule has 0 radical (unpaired) electrons. The lowest BCUT2D eigenvalue weighted by Crippen LogP contribution is -2.13. The molecule has 104 valence electrons. The second-order valence-electron chi connectivity index (χ2n) is 4.37. The Morgan fingerprint density at radius 1 is 1.25 bits per heavy atom. The predicted molar refractivity (Wildman–Crippen MR) is 77.2 cm³/mol. The fraction of sp³-hybridized carbons (Fsp3) is 0.214. The van der Waals surface area contributed by atoms with Crippen LogP contribution < -0.4 is 10.1 Å². The predicted octanol–water partition coefficient (Wildman–Crippen LogP) is 3.17. The quantitative estimate of drug-likeness (QED) is 0.879. The summed E-state index contributed by atoms with van der Waals surface area (Å²) in [6, 6.07) is 8.37. The van der Waals surface area contributed by atoms with E-state index >= 15 is 0 Å². The monoisotopic (exact) mass is 291 g/mol. The van der Waals surface area contributed by atoms with Gasteiger partial charge in [-0.05, 0) is 38.1 Å². The number of hydrogen-bond donors (Lipinski definition) is 1. The highest BCUT2D eigenvalue weighted by molar-refractivity contribution is 6.29. The molecule has 2 aromatic rings. The van der Waals surface area contributed by atoms with Crippen molar-refractivity contribution in [3.63, 3.8) is 0 Å². The van der Waals surface area contributed by atoms with E-state index in [0.717, 1.165) is 5.75 Å². The summed E-state index contributed by atoms with van der Waals surface area (Å²) in [5, 5.41) is 2.92. The Labute approximate surface area is 122 Å². The average molecular weight is 292 g/mol. The number of hydrogen-bond acceptors (Lipinski definition) is 4. The Morgan fingerprint density at radius 3 is 2.55 bits per heavy atom. The van der Waals surface area contributed by atoms with Crippen LogP contribution in [-0.4, -0.2) is 22.0 Å². The van der Waals surface area contributed by atoms with Gasteiger partial charge in [0, 0.05) is 11.6 Å². The highest BCUT2D eigenvalue weighted by Crippen LogP contribution is 2.15. The Kier molecular flexibility index (Phi) is 4.53. The molecule has 0 aliphatic heterocycles. The van der Waals surface area contributed by atoms with Gasteiger partial charge in [-0.3, -0.25) is 4.79 Å². The van der Waals surface area contributed by atoms with E-state index < -0.39 is 0 Å². The highest BCUT2D eigenvalue weighted by Gasteiger charge is 2.08. The lowest BCUT2D eigenvalue weighted by Gasteiger charge is -2.10. The molecule has 6 heteroatoms. The molecule has 0 spiro atoms. The van der Waals surface area contributed by atoms with E-state index in [2.05, 4.69) is 15.3 Å². The van der Waals surface area contributed by atoms with Crippen LogP contribution in [0.15, 0.2) is 36.7 Å². The molecular weight excluding hydrogens is 278 g/mol. The zero-order chi connectivity index (χ0) is 14.5. The Hall–Kier alpha value is -2.14. The maximum absolute atomic E-state index is 12.0. The van der Waals surface area contributed by atoms with Gasteiger partial charge in [0.25, 0.3) is 5.91 Å². The van der Waals surface area contributed by atoms with Gasteiger partial charge in [0.2, 0.25) is 0 Å². The van der Waals surface area contributed by atoms with Crippen molar-refractivity contribution in [2.75, 3.05) is 5.32 Å². The topological polar surface area (TPSA) is 64.1 Å². The maximum Gasteiger partial charge on any atom is 0.256 e. The van der Waals surface area contributed by atoms with Crippen molar-refractivity contribution in [3.8, 4) is 5.75 Å². The lowest BCUT2D eigenvalue weighted by atomic mass is 10.2. The summed E-state index contributed by atoms with van der Waals surface area (Å²) < 4.78 is 5.51. The third kappa shape index (κ3) is 3.93. The first-order chi connectivity index (χ1) is 9.54. The summed E-state index contributed by atoms with van der Waals surface area (Å²) in [4.78, 5) is 19.7. The molecule has 5 nitrogen and oxygen atoms in total. The standard InChI is InChI=1S/C14H14ClN3O2/c1-9(2)20-11-5-3-10(4-6-11)14(19)18-13-7-12(15)16-8-17-13/h3-9H,1-2H3,(H,16,17,18,19). The summed E-state index contributed by atoms with van der Waals surface area (Å²) in [7, 11) is 0.